The van der Waals surface area contributed by atoms with Crippen molar-refractivity contribution < 1.29 is 0 Å². The van der Waals surface area contributed by atoms with E-state index in [0.29, 0.717) is 0 Å². The van der Waals surface area contributed by atoms with E-state index in [0.717, 1.165) is 11.4 Å². The average molecular weight is 558 g/mol. The lowest BCUT2D eigenvalue weighted by Gasteiger charge is -2.27. The van der Waals surface area contributed by atoms with Crippen molar-refractivity contribution in [3.8, 4) is 0 Å². The maximum Gasteiger partial charge on any atom is 0.0555 e. The van der Waals surface area contributed by atoms with Crippen LogP contribution in [0.2, 0.25) is 0 Å². The highest BCUT2D eigenvalue weighted by atomic mass is 32.1. The Morgan fingerprint density at radius 3 is 2.02 bits per heavy atom. The van der Waals surface area contributed by atoms with Gasteiger partial charge in [-0.05, 0) is 70.1 Å². The molecule has 7 aromatic carbocycles. The average Bonchev–Trinajstić information content (AvgIpc) is 3.60. The lowest BCUT2D eigenvalue weighted by atomic mass is 10.0. The summed E-state index contributed by atoms with van der Waals surface area (Å²) >= 11 is 3.81. The number of para-hydroxylation sites is 1. The number of hydrogen-bond donors (Lipinski definition) is 0. The Labute approximate surface area is 245 Å². The Morgan fingerprint density at radius 2 is 1.10 bits per heavy atom. The second-order valence-corrected chi connectivity index (χ2v) is 12.7. The first kappa shape index (κ1) is 23.0. The zero-order valence-corrected chi connectivity index (χ0v) is 23.7. The molecular weight excluding hydrogens is 535 g/mol. The van der Waals surface area contributed by atoms with Crippen LogP contribution < -0.4 is 4.90 Å². The molecule has 0 saturated carbocycles. The molecule has 2 aromatic heterocycles. The van der Waals surface area contributed by atoms with Gasteiger partial charge < -0.3 is 4.90 Å². The Kier molecular flexibility index (Phi) is 5.00. The second kappa shape index (κ2) is 8.90. The Bertz CT molecular complexity index is 2430. The van der Waals surface area contributed by atoms with Crippen LogP contribution in [0.4, 0.5) is 17.1 Å². The standard InChI is InChI=1S/C38H23NS2/c1-2-10-26(11-3-1)39(27-19-20-29-25(23-27)18-17-24-9-4-5-12-28(24)29)32-14-8-16-34-36(32)37-35(40-34)22-21-31-30-13-6-7-15-33(30)41-38(31)37/h1-23H. The fourth-order valence-corrected chi connectivity index (χ4v) is 8.85. The molecule has 0 atom stereocenters. The smallest absolute Gasteiger partial charge is 0.0555 e. The van der Waals surface area contributed by atoms with Crippen LogP contribution in [-0.2, 0) is 0 Å². The summed E-state index contributed by atoms with van der Waals surface area (Å²) in [5, 5.41) is 10.5. The molecule has 0 radical (unpaired) electrons. The van der Waals surface area contributed by atoms with E-state index in [2.05, 4.69) is 144 Å². The van der Waals surface area contributed by atoms with Crippen LogP contribution in [0.25, 0.3) is 61.9 Å². The highest BCUT2D eigenvalue weighted by Crippen LogP contribution is 2.49. The molecule has 0 aliphatic rings. The van der Waals surface area contributed by atoms with Crippen LogP contribution in [0.5, 0.6) is 0 Å². The van der Waals surface area contributed by atoms with E-state index >= 15 is 0 Å². The summed E-state index contributed by atoms with van der Waals surface area (Å²) in [7, 11) is 0. The number of thiophene rings is 2. The fourth-order valence-electron chi connectivity index (χ4n) is 6.40. The van der Waals surface area contributed by atoms with Crippen molar-refractivity contribution in [2.75, 3.05) is 4.90 Å². The number of fused-ring (bicyclic) bond motifs is 10. The number of nitrogens with zero attached hydrogens (tertiary/aromatic N) is 1. The van der Waals surface area contributed by atoms with Gasteiger partial charge in [-0.25, -0.2) is 0 Å². The lowest BCUT2D eigenvalue weighted by molar-refractivity contribution is 1.31. The minimum atomic E-state index is 1.16. The Hall–Kier alpha value is -4.70. The van der Waals surface area contributed by atoms with Gasteiger partial charge in [0.05, 0.1) is 5.69 Å². The zero-order chi connectivity index (χ0) is 26.9. The highest BCUT2D eigenvalue weighted by Gasteiger charge is 2.21. The van der Waals surface area contributed by atoms with E-state index < -0.39 is 0 Å². The van der Waals surface area contributed by atoms with Gasteiger partial charge in [0.25, 0.3) is 0 Å². The molecule has 2 heterocycles. The molecule has 0 aliphatic heterocycles. The van der Waals surface area contributed by atoms with Gasteiger partial charge in [-0.1, -0.05) is 91.0 Å². The van der Waals surface area contributed by atoms with Gasteiger partial charge in [-0.3, -0.25) is 0 Å². The number of rotatable bonds is 3. The van der Waals surface area contributed by atoms with E-state index in [4.69, 9.17) is 0 Å². The van der Waals surface area contributed by atoms with Crippen molar-refractivity contribution in [3.05, 3.63) is 140 Å². The molecule has 0 N–H and O–H groups in total. The molecule has 192 valence electrons. The van der Waals surface area contributed by atoms with E-state index in [1.54, 1.807) is 0 Å². The maximum absolute atomic E-state index is 2.44. The van der Waals surface area contributed by atoms with Crippen molar-refractivity contribution in [3.63, 3.8) is 0 Å². The first-order valence-corrected chi connectivity index (χ1v) is 15.5. The SMILES string of the molecule is c1ccc(N(c2ccc3c(ccc4ccccc43)c2)c2cccc3sc4ccc5c6ccccc6sc5c4c23)cc1. The predicted molar refractivity (Wildman–Crippen MR) is 182 cm³/mol. The summed E-state index contributed by atoms with van der Waals surface area (Å²) in [6.45, 7) is 0. The largest absolute Gasteiger partial charge is 0.310 e. The molecule has 3 heteroatoms. The van der Waals surface area contributed by atoms with Gasteiger partial charge in [-0.15, -0.1) is 22.7 Å². The van der Waals surface area contributed by atoms with Gasteiger partial charge >= 0.3 is 0 Å². The molecule has 0 unspecified atom stereocenters. The van der Waals surface area contributed by atoms with E-state index in [9.17, 15) is 0 Å². The van der Waals surface area contributed by atoms with E-state index in [-0.39, 0.29) is 0 Å². The Morgan fingerprint density at radius 1 is 0.390 bits per heavy atom. The van der Waals surface area contributed by atoms with Crippen LogP contribution in [0, 0.1) is 0 Å². The van der Waals surface area contributed by atoms with Crippen LogP contribution in [0.1, 0.15) is 0 Å². The summed E-state index contributed by atoms with van der Waals surface area (Å²) < 4.78 is 5.37. The third-order valence-corrected chi connectivity index (χ3v) is 10.5. The Balaban J connectivity index is 1.37. The summed E-state index contributed by atoms with van der Waals surface area (Å²) in [6.07, 6.45) is 0. The first-order valence-electron chi connectivity index (χ1n) is 13.9. The molecular formula is C38H23NS2. The molecule has 0 saturated heterocycles. The van der Waals surface area contributed by atoms with Gasteiger partial charge in [-0.2, -0.15) is 0 Å². The van der Waals surface area contributed by atoms with Gasteiger partial charge in [0.2, 0.25) is 0 Å². The highest BCUT2D eigenvalue weighted by molar-refractivity contribution is 7.29. The zero-order valence-electron chi connectivity index (χ0n) is 22.0. The van der Waals surface area contributed by atoms with Crippen LogP contribution in [0.15, 0.2) is 140 Å². The number of hydrogen-bond acceptors (Lipinski definition) is 3. The maximum atomic E-state index is 2.44. The molecule has 0 bridgehead atoms. The van der Waals surface area contributed by atoms with Crippen molar-refractivity contribution in [1.82, 2.24) is 0 Å². The second-order valence-electron chi connectivity index (χ2n) is 10.5. The molecule has 41 heavy (non-hydrogen) atoms. The minimum absolute atomic E-state index is 1.16. The fraction of sp³-hybridized carbons (Fsp3) is 0. The number of benzene rings is 7. The summed E-state index contributed by atoms with van der Waals surface area (Å²) in [5.74, 6) is 0. The minimum Gasteiger partial charge on any atom is -0.310 e. The number of anilines is 3. The van der Waals surface area contributed by atoms with Crippen molar-refractivity contribution in [1.29, 1.82) is 0 Å². The normalized spacial score (nSPS) is 11.9. The summed E-state index contributed by atoms with van der Waals surface area (Å²) in [6, 6.07) is 51.0. The van der Waals surface area contributed by atoms with Crippen molar-refractivity contribution >= 4 is 102 Å². The van der Waals surface area contributed by atoms with Gasteiger partial charge in [0, 0.05) is 51.7 Å². The van der Waals surface area contributed by atoms with Gasteiger partial charge in [0.1, 0.15) is 0 Å². The third-order valence-electron chi connectivity index (χ3n) is 8.22. The van der Waals surface area contributed by atoms with Crippen LogP contribution >= 0.6 is 22.7 Å². The molecule has 1 nitrogen and oxygen atoms in total. The molecule has 0 aliphatic carbocycles. The van der Waals surface area contributed by atoms with Crippen LogP contribution in [0.3, 0.4) is 0 Å². The monoisotopic (exact) mass is 557 g/mol. The van der Waals surface area contributed by atoms with Gasteiger partial charge in [0.15, 0.2) is 0 Å². The molecule has 0 fully saturated rings. The molecule has 0 amide bonds. The first-order chi connectivity index (χ1) is 20.3. The van der Waals surface area contributed by atoms with Crippen molar-refractivity contribution in [2.24, 2.45) is 0 Å². The summed E-state index contributed by atoms with van der Waals surface area (Å²) in [5.41, 5.74) is 3.53. The van der Waals surface area contributed by atoms with Crippen molar-refractivity contribution in [2.45, 2.75) is 0 Å². The molecule has 9 aromatic rings. The molecule has 9 rings (SSSR count). The van der Waals surface area contributed by atoms with E-state index in [1.807, 2.05) is 22.7 Å². The van der Waals surface area contributed by atoms with Crippen LogP contribution in [-0.4, -0.2) is 0 Å². The van der Waals surface area contributed by atoms with E-state index in [1.165, 1.54) is 67.6 Å². The predicted octanol–water partition coefficient (Wildman–Crippen LogP) is 12.2. The lowest BCUT2D eigenvalue weighted by Crippen LogP contribution is -2.10. The summed E-state index contributed by atoms with van der Waals surface area (Å²) in [4.78, 5) is 2.44. The third kappa shape index (κ3) is 3.46. The molecule has 0 spiro atoms. The quantitative estimate of drug-likeness (QED) is 0.195. The topological polar surface area (TPSA) is 3.24 Å².